The van der Waals surface area contributed by atoms with Crippen LogP contribution in [0.15, 0.2) is 24.3 Å². The standard InChI is InChI=1S/C15H17Cl3N2O/c1-14(10-15(14,17)18)13(21)20-8-6-19(7-9-20)12-5-3-2-4-11(12)16/h2-5H,6-10H2,1H3/t14-/m1/s1. The first-order chi connectivity index (χ1) is 9.85. The van der Waals surface area contributed by atoms with E-state index in [0.717, 1.165) is 23.8 Å². The summed E-state index contributed by atoms with van der Waals surface area (Å²) in [5.74, 6) is 0.0614. The van der Waals surface area contributed by atoms with Gasteiger partial charge in [0.25, 0.3) is 0 Å². The van der Waals surface area contributed by atoms with Gasteiger partial charge in [-0.15, -0.1) is 23.2 Å². The quantitative estimate of drug-likeness (QED) is 0.764. The molecular formula is C15H17Cl3N2O. The predicted octanol–water partition coefficient (Wildman–Crippen LogP) is 3.57. The van der Waals surface area contributed by atoms with Crippen LogP contribution in [-0.2, 0) is 4.79 Å². The number of rotatable bonds is 2. The Balaban J connectivity index is 1.64. The molecule has 3 rings (SSSR count). The average Bonchev–Trinajstić information content (AvgIpc) is 2.99. The molecule has 114 valence electrons. The lowest BCUT2D eigenvalue weighted by atomic mass is 10.1. The van der Waals surface area contributed by atoms with Crippen LogP contribution in [0.2, 0.25) is 5.02 Å². The fourth-order valence-corrected chi connectivity index (χ4v) is 3.79. The second-order valence-electron chi connectivity index (χ2n) is 5.94. The fourth-order valence-electron chi connectivity index (χ4n) is 2.84. The molecule has 2 aliphatic rings. The fraction of sp³-hybridized carbons (Fsp3) is 0.533. The van der Waals surface area contributed by atoms with E-state index < -0.39 is 9.75 Å². The van der Waals surface area contributed by atoms with Crippen LogP contribution < -0.4 is 4.90 Å². The summed E-state index contributed by atoms with van der Waals surface area (Å²) in [4.78, 5) is 16.6. The van der Waals surface area contributed by atoms with Crippen LogP contribution in [0.25, 0.3) is 0 Å². The Morgan fingerprint density at radius 2 is 1.71 bits per heavy atom. The molecule has 1 saturated carbocycles. The van der Waals surface area contributed by atoms with Gasteiger partial charge in [-0.3, -0.25) is 4.79 Å². The van der Waals surface area contributed by atoms with Gasteiger partial charge in [-0.05, 0) is 25.5 Å². The molecule has 0 radical (unpaired) electrons. The van der Waals surface area contributed by atoms with Crippen LogP contribution in [0, 0.1) is 5.41 Å². The molecule has 2 fully saturated rings. The second kappa shape index (κ2) is 5.22. The summed E-state index contributed by atoms with van der Waals surface area (Å²) in [7, 11) is 0. The van der Waals surface area contributed by atoms with Crippen LogP contribution >= 0.6 is 34.8 Å². The third-order valence-electron chi connectivity index (χ3n) is 4.49. The first-order valence-corrected chi connectivity index (χ1v) is 8.15. The van der Waals surface area contributed by atoms with E-state index in [4.69, 9.17) is 34.8 Å². The largest absolute Gasteiger partial charge is 0.367 e. The summed E-state index contributed by atoms with van der Waals surface area (Å²) in [5.41, 5.74) is 0.399. The van der Waals surface area contributed by atoms with Crippen LogP contribution in [0.1, 0.15) is 13.3 Å². The van der Waals surface area contributed by atoms with Gasteiger partial charge in [-0.25, -0.2) is 0 Å². The minimum atomic E-state index is -0.899. The van der Waals surface area contributed by atoms with Crippen LogP contribution in [0.5, 0.6) is 0 Å². The second-order valence-corrected chi connectivity index (χ2v) is 7.84. The number of hydrogen-bond acceptors (Lipinski definition) is 2. The molecule has 1 aromatic rings. The molecule has 1 aromatic carbocycles. The lowest BCUT2D eigenvalue weighted by Crippen LogP contribution is -2.51. The maximum absolute atomic E-state index is 12.5. The van der Waals surface area contributed by atoms with Gasteiger partial charge in [-0.2, -0.15) is 0 Å². The van der Waals surface area contributed by atoms with Crippen molar-refractivity contribution in [2.75, 3.05) is 31.1 Å². The number of hydrogen-bond donors (Lipinski definition) is 0. The third kappa shape index (κ3) is 2.60. The highest BCUT2D eigenvalue weighted by atomic mass is 35.5. The molecule has 0 unspecified atom stereocenters. The molecule has 1 aliphatic carbocycles. The number of amides is 1. The van der Waals surface area contributed by atoms with E-state index in [1.807, 2.05) is 36.1 Å². The Morgan fingerprint density at radius 3 is 2.24 bits per heavy atom. The van der Waals surface area contributed by atoms with Gasteiger partial charge in [0.2, 0.25) is 5.91 Å². The minimum Gasteiger partial charge on any atom is -0.367 e. The molecule has 0 spiro atoms. The van der Waals surface area contributed by atoms with Crippen LogP contribution in [0.4, 0.5) is 5.69 Å². The van der Waals surface area contributed by atoms with E-state index in [1.165, 1.54) is 0 Å². The zero-order chi connectivity index (χ0) is 15.3. The molecule has 1 aliphatic heterocycles. The molecule has 1 amide bonds. The SMILES string of the molecule is C[C@]1(C(=O)N2CCN(c3ccccc3Cl)CC2)CC1(Cl)Cl. The monoisotopic (exact) mass is 346 g/mol. The molecule has 3 nitrogen and oxygen atoms in total. The van der Waals surface area contributed by atoms with Gasteiger partial charge in [0, 0.05) is 26.2 Å². The zero-order valence-corrected chi connectivity index (χ0v) is 14.0. The number of para-hydroxylation sites is 1. The predicted molar refractivity (Wildman–Crippen MR) is 87.4 cm³/mol. The van der Waals surface area contributed by atoms with E-state index >= 15 is 0 Å². The van der Waals surface area contributed by atoms with Gasteiger partial charge in [0.15, 0.2) is 0 Å². The number of halogens is 3. The summed E-state index contributed by atoms with van der Waals surface area (Å²) in [6, 6.07) is 7.78. The molecule has 1 saturated heterocycles. The summed E-state index contributed by atoms with van der Waals surface area (Å²) < 4.78 is -0.899. The smallest absolute Gasteiger partial charge is 0.231 e. The summed E-state index contributed by atoms with van der Waals surface area (Å²) >= 11 is 18.4. The van der Waals surface area contributed by atoms with Crippen molar-refractivity contribution in [2.24, 2.45) is 5.41 Å². The maximum Gasteiger partial charge on any atom is 0.231 e. The van der Waals surface area contributed by atoms with Crippen LogP contribution in [0.3, 0.4) is 0 Å². The van der Waals surface area contributed by atoms with Gasteiger partial charge in [0.1, 0.15) is 4.33 Å². The van der Waals surface area contributed by atoms with E-state index in [2.05, 4.69) is 4.90 Å². The Kier molecular flexibility index (Phi) is 3.79. The summed E-state index contributed by atoms with van der Waals surface area (Å²) in [5, 5.41) is 0.743. The molecular weight excluding hydrogens is 331 g/mol. The number of alkyl halides is 2. The van der Waals surface area contributed by atoms with Crippen molar-refractivity contribution in [3.05, 3.63) is 29.3 Å². The Morgan fingerprint density at radius 1 is 1.14 bits per heavy atom. The molecule has 0 aromatic heterocycles. The number of piperazine rings is 1. The molecule has 1 atom stereocenters. The molecule has 6 heteroatoms. The topological polar surface area (TPSA) is 23.6 Å². The zero-order valence-electron chi connectivity index (χ0n) is 11.8. The van der Waals surface area contributed by atoms with Crippen molar-refractivity contribution >= 4 is 46.4 Å². The normalized spacial score (nSPS) is 27.6. The first kappa shape index (κ1) is 15.3. The Labute approximate surface area is 139 Å². The lowest BCUT2D eigenvalue weighted by molar-refractivity contribution is -0.136. The Bertz CT molecular complexity index is 570. The first-order valence-electron chi connectivity index (χ1n) is 7.02. The minimum absolute atomic E-state index is 0.0614. The van der Waals surface area contributed by atoms with Gasteiger partial charge >= 0.3 is 0 Å². The van der Waals surface area contributed by atoms with Crippen molar-refractivity contribution in [3.63, 3.8) is 0 Å². The highest BCUT2D eigenvalue weighted by molar-refractivity contribution is 6.53. The van der Waals surface area contributed by atoms with Crippen molar-refractivity contribution in [2.45, 2.75) is 17.7 Å². The van der Waals surface area contributed by atoms with Crippen molar-refractivity contribution in [1.82, 2.24) is 4.90 Å². The highest BCUT2D eigenvalue weighted by Crippen LogP contribution is 2.64. The van der Waals surface area contributed by atoms with Gasteiger partial charge in [-0.1, -0.05) is 23.7 Å². The van der Waals surface area contributed by atoms with E-state index in [1.54, 1.807) is 0 Å². The molecule has 0 bridgehead atoms. The number of nitrogens with zero attached hydrogens (tertiary/aromatic N) is 2. The number of carbonyl (C=O) groups excluding carboxylic acids is 1. The van der Waals surface area contributed by atoms with E-state index in [0.29, 0.717) is 19.5 Å². The van der Waals surface area contributed by atoms with E-state index in [-0.39, 0.29) is 5.91 Å². The summed E-state index contributed by atoms with van der Waals surface area (Å²) in [6.07, 6.45) is 0.534. The van der Waals surface area contributed by atoms with Crippen LogP contribution in [-0.4, -0.2) is 41.3 Å². The maximum atomic E-state index is 12.5. The lowest BCUT2D eigenvalue weighted by Gasteiger charge is -2.37. The van der Waals surface area contributed by atoms with Gasteiger partial charge in [0.05, 0.1) is 16.1 Å². The van der Waals surface area contributed by atoms with Crippen molar-refractivity contribution in [1.29, 1.82) is 0 Å². The van der Waals surface area contributed by atoms with E-state index in [9.17, 15) is 4.79 Å². The number of anilines is 1. The highest BCUT2D eigenvalue weighted by Gasteiger charge is 2.68. The number of carbonyl (C=O) groups is 1. The third-order valence-corrected chi connectivity index (χ3v) is 5.91. The number of benzene rings is 1. The Hall–Kier alpha value is -0.640. The van der Waals surface area contributed by atoms with Crippen molar-refractivity contribution < 1.29 is 4.79 Å². The van der Waals surface area contributed by atoms with Gasteiger partial charge < -0.3 is 9.80 Å². The average molecular weight is 348 g/mol. The molecule has 21 heavy (non-hydrogen) atoms. The summed E-state index contributed by atoms with van der Waals surface area (Å²) in [6.45, 7) is 4.72. The van der Waals surface area contributed by atoms with Crippen molar-refractivity contribution in [3.8, 4) is 0 Å². The molecule has 0 N–H and O–H groups in total. The molecule has 1 heterocycles.